The van der Waals surface area contributed by atoms with Crippen LogP contribution in [0.5, 0.6) is 0 Å². The third kappa shape index (κ3) is 6.93. The third-order valence-corrected chi connectivity index (χ3v) is 5.91. The first kappa shape index (κ1) is 23.0. The molecule has 28 heavy (non-hydrogen) atoms. The lowest BCUT2D eigenvalue weighted by atomic mass is 9.73. The number of carbonyl (C=O) groups is 1. The van der Waals surface area contributed by atoms with Gasteiger partial charge < -0.3 is 14.5 Å². The maximum absolute atomic E-state index is 11.9. The van der Waals surface area contributed by atoms with Crippen LogP contribution in [-0.4, -0.2) is 26.8 Å². The number of amides is 1. The van der Waals surface area contributed by atoms with Gasteiger partial charge in [-0.25, -0.2) is 4.79 Å². The molecule has 0 spiro atoms. The second-order valence-corrected chi connectivity index (χ2v) is 12.8. The highest BCUT2D eigenvalue weighted by molar-refractivity contribution is 6.48. The standard InChI is InChI=1S/C23H39NO3Si/c1-22(2,3)20(27-28(7)8)19-12-11-17-13-16(9-10-18(17)14-19)15-24-21(25)26-23(4,5)6/h9-10,13,19-20,28H,11-12,14-15H2,1-8H3,(H,24,25). The van der Waals surface area contributed by atoms with Crippen molar-refractivity contribution in [1.82, 2.24) is 5.32 Å². The molecule has 1 aliphatic carbocycles. The van der Waals surface area contributed by atoms with Crippen molar-refractivity contribution in [2.45, 2.75) is 92.1 Å². The van der Waals surface area contributed by atoms with E-state index in [1.54, 1.807) is 0 Å². The van der Waals surface area contributed by atoms with E-state index in [-0.39, 0.29) is 11.5 Å². The summed E-state index contributed by atoms with van der Waals surface area (Å²) in [5.74, 6) is 0.577. The van der Waals surface area contributed by atoms with Gasteiger partial charge in [0.15, 0.2) is 9.04 Å². The lowest BCUT2D eigenvalue weighted by molar-refractivity contribution is 0.0271. The van der Waals surface area contributed by atoms with Gasteiger partial charge in [-0.15, -0.1) is 0 Å². The molecule has 1 aliphatic rings. The highest BCUT2D eigenvalue weighted by atomic mass is 28.3. The van der Waals surface area contributed by atoms with Gasteiger partial charge in [0.1, 0.15) is 5.60 Å². The molecule has 0 saturated carbocycles. The Hall–Kier alpha value is -1.33. The van der Waals surface area contributed by atoms with Crippen molar-refractivity contribution < 1.29 is 14.0 Å². The number of alkyl carbamates (subject to hydrolysis) is 1. The molecule has 1 N–H and O–H groups in total. The van der Waals surface area contributed by atoms with Crippen molar-refractivity contribution in [1.29, 1.82) is 0 Å². The Labute approximate surface area is 173 Å². The summed E-state index contributed by atoms with van der Waals surface area (Å²) in [4.78, 5) is 11.9. The lowest BCUT2D eigenvalue weighted by Gasteiger charge is -2.40. The Morgan fingerprint density at radius 2 is 1.86 bits per heavy atom. The molecule has 2 unspecified atom stereocenters. The Bertz CT molecular complexity index is 673. The molecule has 0 aliphatic heterocycles. The molecule has 158 valence electrons. The molecule has 0 radical (unpaired) electrons. The van der Waals surface area contributed by atoms with Crippen LogP contribution >= 0.6 is 0 Å². The van der Waals surface area contributed by atoms with Gasteiger partial charge in [-0.3, -0.25) is 0 Å². The molecule has 2 atom stereocenters. The zero-order chi connectivity index (χ0) is 21.1. The maximum atomic E-state index is 11.9. The van der Waals surface area contributed by atoms with Crippen LogP contribution in [0.15, 0.2) is 18.2 Å². The largest absolute Gasteiger partial charge is 0.444 e. The fraction of sp³-hybridized carbons (Fsp3) is 0.696. The van der Waals surface area contributed by atoms with E-state index in [9.17, 15) is 4.79 Å². The van der Waals surface area contributed by atoms with Crippen molar-refractivity contribution in [3.63, 3.8) is 0 Å². The summed E-state index contributed by atoms with van der Waals surface area (Å²) in [6.07, 6.45) is 3.28. The first-order valence-electron chi connectivity index (χ1n) is 10.6. The zero-order valence-electron chi connectivity index (χ0n) is 19.0. The van der Waals surface area contributed by atoms with Crippen LogP contribution in [-0.2, 0) is 28.5 Å². The van der Waals surface area contributed by atoms with Crippen LogP contribution in [0.25, 0.3) is 0 Å². The number of fused-ring (bicyclic) bond motifs is 1. The monoisotopic (exact) mass is 405 g/mol. The van der Waals surface area contributed by atoms with E-state index in [2.05, 4.69) is 57.4 Å². The van der Waals surface area contributed by atoms with E-state index < -0.39 is 14.6 Å². The van der Waals surface area contributed by atoms with E-state index in [0.717, 1.165) is 18.4 Å². The topological polar surface area (TPSA) is 47.6 Å². The molecule has 0 aromatic heterocycles. The smallest absolute Gasteiger partial charge is 0.407 e. The molecule has 1 aromatic carbocycles. The Morgan fingerprint density at radius 1 is 1.18 bits per heavy atom. The molecule has 0 saturated heterocycles. The molecule has 0 bridgehead atoms. The van der Waals surface area contributed by atoms with Crippen molar-refractivity contribution in [2.24, 2.45) is 11.3 Å². The number of carbonyl (C=O) groups excluding carboxylic acids is 1. The van der Waals surface area contributed by atoms with Crippen LogP contribution < -0.4 is 5.32 Å². The number of aryl methyl sites for hydroxylation is 1. The second kappa shape index (κ2) is 9.00. The minimum absolute atomic E-state index is 0.163. The fourth-order valence-electron chi connectivity index (χ4n) is 4.01. The normalized spacial score (nSPS) is 18.5. The number of hydrogen-bond donors (Lipinski definition) is 1. The maximum Gasteiger partial charge on any atom is 0.407 e. The van der Waals surface area contributed by atoms with E-state index in [1.165, 1.54) is 17.5 Å². The third-order valence-electron chi connectivity index (χ3n) is 5.07. The van der Waals surface area contributed by atoms with Crippen molar-refractivity contribution in [3.05, 3.63) is 34.9 Å². The number of nitrogens with one attached hydrogen (secondary N) is 1. The van der Waals surface area contributed by atoms with E-state index in [4.69, 9.17) is 9.16 Å². The Morgan fingerprint density at radius 3 is 2.43 bits per heavy atom. The fourth-order valence-corrected chi connectivity index (χ4v) is 5.23. The Kier molecular flexibility index (Phi) is 7.37. The van der Waals surface area contributed by atoms with E-state index >= 15 is 0 Å². The van der Waals surface area contributed by atoms with Crippen LogP contribution in [0, 0.1) is 11.3 Å². The van der Waals surface area contributed by atoms with Crippen molar-refractivity contribution in [3.8, 4) is 0 Å². The number of benzene rings is 1. The van der Waals surface area contributed by atoms with Gasteiger partial charge in [-0.05, 0) is 81.2 Å². The summed E-state index contributed by atoms with van der Waals surface area (Å²) >= 11 is 0. The minimum Gasteiger partial charge on any atom is -0.444 e. The average molecular weight is 406 g/mol. The molecule has 4 nitrogen and oxygen atoms in total. The SMILES string of the molecule is C[SiH](C)OC(C1CCc2cc(CNC(=O)OC(C)(C)C)ccc2C1)C(C)(C)C. The molecule has 1 aromatic rings. The van der Waals surface area contributed by atoms with Crippen molar-refractivity contribution >= 4 is 15.1 Å². The van der Waals surface area contributed by atoms with Gasteiger partial charge in [-0.2, -0.15) is 0 Å². The Balaban J connectivity index is 2.02. The molecule has 5 heteroatoms. The number of hydrogen-bond acceptors (Lipinski definition) is 3. The highest BCUT2D eigenvalue weighted by Crippen LogP contribution is 2.37. The first-order valence-corrected chi connectivity index (χ1v) is 13.4. The van der Waals surface area contributed by atoms with Gasteiger partial charge in [0.05, 0.1) is 6.10 Å². The van der Waals surface area contributed by atoms with Crippen LogP contribution in [0.3, 0.4) is 0 Å². The predicted molar refractivity (Wildman–Crippen MR) is 118 cm³/mol. The molecule has 2 rings (SSSR count). The molecule has 1 amide bonds. The second-order valence-electron chi connectivity index (χ2n) is 10.4. The van der Waals surface area contributed by atoms with Crippen LogP contribution in [0.2, 0.25) is 13.1 Å². The van der Waals surface area contributed by atoms with Gasteiger partial charge in [0.2, 0.25) is 0 Å². The average Bonchev–Trinajstić information content (AvgIpc) is 2.54. The van der Waals surface area contributed by atoms with Crippen molar-refractivity contribution in [2.75, 3.05) is 0 Å². The van der Waals surface area contributed by atoms with Crippen LogP contribution in [0.4, 0.5) is 4.79 Å². The molecular formula is C23H39NO3Si. The zero-order valence-corrected chi connectivity index (χ0v) is 20.2. The summed E-state index contributed by atoms with van der Waals surface area (Å²) in [5, 5.41) is 2.85. The lowest BCUT2D eigenvalue weighted by Crippen LogP contribution is -2.41. The van der Waals surface area contributed by atoms with Crippen LogP contribution in [0.1, 0.15) is 64.7 Å². The summed E-state index contributed by atoms with van der Waals surface area (Å²) in [7, 11) is -1.08. The highest BCUT2D eigenvalue weighted by Gasteiger charge is 2.35. The number of ether oxygens (including phenoxy) is 1. The summed E-state index contributed by atoms with van der Waals surface area (Å²) < 4.78 is 11.8. The van der Waals surface area contributed by atoms with Gasteiger partial charge in [0, 0.05) is 6.54 Å². The summed E-state index contributed by atoms with van der Waals surface area (Å²) in [5.41, 5.74) is 3.66. The summed E-state index contributed by atoms with van der Waals surface area (Å²) in [6.45, 7) is 17.5. The quantitative estimate of drug-likeness (QED) is 0.682. The van der Waals surface area contributed by atoms with E-state index in [1.807, 2.05) is 20.8 Å². The summed E-state index contributed by atoms with van der Waals surface area (Å²) in [6, 6.07) is 6.61. The molecular weight excluding hydrogens is 366 g/mol. The predicted octanol–water partition coefficient (Wildman–Crippen LogP) is 5.23. The molecule has 0 heterocycles. The minimum atomic E-state index is -1.08. The first-order chi connectivity index (χ1) is 12.8. The molecule has 0 fully saturated rings. The van der Waals surface area contributed by atoms with Gasteiger partial charge >= 0.3 is 6.09 Å². The van der Waals surface area contributed by atoms with Gasteiger partial charge in [-0.1, -0.05) is 39.0 Å². The van der Waals surface area contributed by atoms with E-state index in [0.29, 0.717) is 18.6 Å². The van der Waals surface area contributed by atoms with Gasteiger partial charge in [0.25, 0.3) is 0 Å². The number of rotatable bonds is 5.